The van der Waals surface area contributed by atoms with Crippen LogP contribution in [0.25, 0.3) is 0 Å². The van der Waals surface area contributed by atoms with Gasteiger partial charge in [-0.15, -0.1) is 0 Å². The number of alkyl halides is 3. The van der Waals surface area contributed by atoms with Crippen LogP contribution in [0.1, 0.15) is 73.1 Å². The molecule has 2 rings (SSSR count). The Kier molecular flexibility index (Phi) is 8.66. The smallest absolute Gasteiger partial charge is 0.287 e. The summed E-state index contributed by atoms with van der Waals surface area (Å²) >= 11 is 0. The average Bonchev–Trinajstić information content (AvgIpc) is 2.97. The van der Waals surface area contributed by atoms with Gasteiger partial charge < -0.3 is 5.73 Å². The SMILES string of the molecule is CC.CC.CCC(=O)C(N)CC1CCC2(CC1)C(F)C2(F)F. The summed E-state index contributed by atoms with van der Waals surface area (Å²) in [7, 11) is 0. The zero-order valence-electron chi connectivity index (χ0n) is 14.6. The number of hydrogen-bond donors (Lipinski definition) is 1. The van der Waals surface area contributed by atoms with E-state index in [1.54, 1.807) is 6.92 Å². The maximum atomic E-state index is 13.2. The van der Waals surface area contributed by atoms with Crippen molar-refractivity contribution in [1.82, 2.24) is 0 Å². The zero-order valence-corrected chi connectivity index (χ0v) is 14.6. The summed E-state index contributed by atoms with van der Waals surface area (Å²) in [5.74, 6) is -2.93. The first-order chi connectivity index (χ1) is 10.3. The minimum absolute atomic E-state index is 0.00964. The Morgan fingerprint density at radius 3 is 1.91 bits per heavy atom. The summed E-state index contributed by atoms with van der Waals surface area (Å²) in [5, 5.41) is 0. The van der Waals surface area contributed by atoms with Crippen LogP contribution in [-0.2, 0) is 4.79 Å². The second kappa shape index (κ2) is 8.90. The average molecular weight is 323 g/mol. The van der Waals surface area contributed by atoms with Crippen LogP contribution >= 0.6 is 0 Å². The third-order valence-electron chi connectivity index (χ3n) is 4.73. The molecule has 2 nitrogen and oxygen atoms in total. The van der Waals surface area contributed by atoms with Crippen molar-refractivity contribution >= 4 is 5.78 Å². The zero-order chi connectivity index (χ0) is 17.6. The van der Waals surface area contributed by atoms with E-state index in [1.807, 2.05) is 27.7 Å². The summed E-state index contributed by atoms with van der Waals surface area (Å²) in [4.78, 5) is 11.4. The van der Waals surface area contributed by atoms with E-state index in [1.165, 1.54) is 0 Å². The van der Waals surface area contributed by atoms with Gasteiger partial charge in [0.15, 0.2) is 6.17 Å². The molecule has 5 heteroatoms. The summed E-state index contributed by atoms with van der Waals surface area (Å²) in [6.07, 6.45) is 0.546. The molecule has 1 spiro atoms. The van der Waals surface area contributed by atoms with Crippen molar-refractivity contribution in [2.45, 2.75) is 91.3 Å². The fourth-order valence-electron chi connectivity index (χ4n) is 3.23. The lowest BCUT2D eigenvalue weighted by Gasteiger charge is -2.29. The molecule has 0 saturated heterocycles. The number of carbonyl (C=O) groups excluding carboxylic acids is 1. The van der Waals surface area contributed by atoms with Gasteiger partial charge in [-0.2, -0.15) is 0 Å². The molecule has 0 aromatic heterocycles. The highest BCUT2D eigenvalue weighted by Crippen LogP contribution is 2.69. The van der Waals surface area contributed by atoms with E-state index in [0.29, 0.717) is 25.7 Å². The van der Waals surface area contributed by atoms with E-state index < -0.39 is 23.6 Å². The molecule has 0 heterocycles. The van der Waals surface area contributed by atoms with Gasteiger partial charge in [0.1, 0.15) is 5.78 Å². The first-order valence-corrected chi connectivity index (χ1v) is 8.65. The Balaban J connectivity index is 0.00000102. The van der Waals surface area contributed by atoms with Gasteiger partial charge >= 0.3 is 0 Å². The van der Waals surface area contributed by atoms with Crippen LogP contribution in [0, 0.1) is 11.3 Å². The molecule has 2 unspecified atom stereocenters. The molecule has 0 aromatic carbocycles. The first-order valence-electron chi connectivity index (χ1n) is 8.65. The van der Waals surface area contributed by atoms with E-state index in [4.69, 9.17) is 5.73 Å². The highest BCUT2D eigenvalue weighted by Gasteiger charge is 2.81. The van der Waals surface area contributed by atoms with Gasteiger partial charge in [0.25, 0.3) is 5.92 Å². The van der Waals surface area contributed by atoms with Crippen molar-refractivity contribution in [2.75, 3.05) is 0 Å². The van der Waals surface area contributed by atoms with E-state index >= 15 is 0 Å². The van der Waals surface area contributed by atoms with Gasteiger partial charge in [0.2, 0.25) is 0 Å². The molecule has 2 aliphatic rings. The van der Waals surface area contributed by atoms with E-state index in [-0.39, 0.29) is 24.5 Å². The molecule has 22 heavy (non-hydrogen) atoms. The molecule has 0 amide bonds. The van der Waals surface area contributed by atoms with Crippen molar-refractivity contribution in [3.8, 4) is 0 Å². The van der Waals surface area contributed by atoms with Crippen molar-refractivity contribution < 1.29 is 18.0 Å². The molecule has 2 saturated carbocycles. The van der Waals surface area contributed by atoms with Gasteiger partial charge in [0.05, 0.1) is 11.5 Å². The number of nitrogens with two attached hydrogens (primary N) is 1. The molecule has 2 fully saturated rings. The van der Waals surface area contributed by atoms with Crippen molar-refractivity contribution in [1.29, 1.82) is 0 Å². The molecule has 0 radical (unpaired) electrons. The summed E-state index contributed by atoms with van der Waals surface area (Å²) in [6, 6.07) is -0.491. The van der Waals surface area contributed by atoms with Crippen LogP contribution in [-0.4, -0.2) is 23.9 Å². The van der Waals surface area contributed by atoms with Gasteiger partial charge in [-0.25, -0.2) is 13.2 Å². The second-order valence-electron chi connectivity index (χ2n) is 5.75. The largest absolute Gasteiger partial charge is 0.322 e. The molecular formula is C17H32F3NO. The first kappa shape index (κ1) is 21.4. The lowest BCUT2D eigenvalue weighted by molar-refractivity contribution is -0.120. The van der Waals surface area contributed by atoms with Crippen molar-refractivity contribution in [2.24, 2.45) is 17.1 Å². The van der Waals surface area contributed by atoms with Crippen molar-refractivity contribution in [3.63, 3.8) is 0 Å². The molecule has 2 aliphatic carbocycles. The summed E-state index contributed by atoms with van der Waals surface area (Å²) in [5.41, 5.74) is 4.36. The third kappa shape index (κ3) is 4.03. The van der Waals surface area contributed by atoms with Gasteiger partial charge in [-0.3, -0.25) is 4.79 Å². The highest BCUT2D eigenvalue weighted by atomic mass is 19.3. The fourth-order valence-corrected chi connectivity index (χ4v) is 3.23. The second-order valence-corrected chi connectivity index (χ2v) is 5.75. The van der Waals surface area contributed by atoms with Crippen LogP contribution in [0.15, 0.2) is 0 Å². The lowest BCUT2D eigenvalue weighted by atomic mass is 9.76. The van der Waals surface area contributed by atoms with Crippen molar-refractivity contribution in [3.05, 3.63) is 0 Å². The Morgan fingerprint density at radius 1 is 1.18 bits per heavy atom. The number of rotatable bonds is 4. The number of carbonyl (C=O) groups is 1. The minimum Gasteiger partial charge on any atom is -0.322 e. The minimum atomic E-state index is -3.13. The maximum Gasteiger partial charge on any atom is 0.287 e. The highest BCUT2D eigenvalue weighted by molar-refractivity contribution is 5.83. The standard InChI is InChI=1S/C13H20F3NO.2C2H6/c1-2-10(18)9(17)7-8-3-5-12(6-4-8)11(14)13(12,15)16;2*1-2/h8-9,11H,2-7,17H2,1H3;2*1-2H3. The lowest BCUT2D eigenvalue weighted by Crippen LogP contribution is -2.34. The molecule has 132 valence electrons. The number of halogens is 3. The normalized spacial score (nSPS) is 33.0. The van der Waals surface area contributed by atoms with Gasteiger partial charge in [0, 0.05) is 6.42 Å². The molecule has 2 N–H and O–H groups in total. The quantitative estimate of drug-likeness (QED) is 0.799. The Morgan fingerprint density at radius 2 is 1.59 bits per heavy atom. The van der Waals surface area contributed by atoms with Crippen LogP contribution in [0.2, 0.25) is 0 Å². The summed E-state index contributed by atoms with van der Waals surface area (Å²) in [6.45, 7) is 9.76. The van der Waals surface area contributed by atoms with E-state index in [2.05, 4.69) is 0 Å². The molecule has 0 aliphatic heterocycles. The monoisotopic (exact) mass is 323 g/mol. The number of ketones is 1. The molecule has 0 aromatic rings. The Hall–Kier alpha value is -0.580. The summed E-state index contributed by atoms with van der Waals surface area (Å²) < 4.78 is 39.5. The fraction of sp³-hybridized carbons (Fsp3) is 0.941. The number of hydrogen-bond acceptors (Lipinski definition) is 2. The maximum absolute atomic E-state index is 13.2. The van der Waals surface area contributed by atoms with E-state index in [0.717, 1.165) is 0 Å². The van der Waals surface area contributed by atoms with Gasteiger partial charge in [-0.05, 0) is 38.0 Å². The Labute approximate surface area is 133 Å². The van der Waals surface area contributed by atoms with Crippen LogP contribution in [0.3, 0.4) is 0 Å². The Bertz CT molecular complexity index is 339. The van der Waals surface area contributed by atoms with E-state index in [9.17, 15) is 18.0 Å². The topological polar surface area (TPSA) is 43.1 Å². The van der Waals surface area contributed by atoms with Crippen LogP contribution in [0.4, 0.5) is 13.2 Å². The predicted octanol–water partition coefficient (Wildman–Crippen LogP) is 4.90. The predicted molar refractivity (Wildman–Crippen MR) is 84.8 cm³/mol. The number of Topliss-reactive ketones (excluding diaryl/α,β-unsaturated/α-hetero) is 1. The third-order valence-corrected chi connectivity index (χ3v) is 4.73. The molecule has 0 bridgehead atoms. The molecular weight excluding hydrogens is 291 g/mol. The molecule has 2 atom stereocenters. The van der Waals surface area contributed by atoms with Crippen LogP contribution < -0.4 is 5.73 Å². The van der Waals surface area contributed by atoms with Gasteiger partial charge in [-0.1, -0.05) is 34.6 Å². The van der Waals surface area contributed by atoms with Crippen LogP contribution in [0.5, 0.6) is 0 Å².